The number of hydrogen-bond acceptors (Lipinski definition) is 1. The summed E-state index contributed by atoms with van der Waals surface area (Å²) in [7, 11) is 0. The third-order valence-corrected chi connectivity index (χ3v) is 4.67. The summed E-state index contributed by atoms with van der Waals surface area (Å²) in [5, 5.41) is 0. The molecule has 0 saturated carbocycles. The van der Waals surface area contributed by atoms with Crippen molar-refractivity contribution in [2.24, 2.45) is 0 Å². The number of nitrogens with zero attached hydrogens (tertiary/aromatic N) is 2. The van der Waals surface area contributed by atoms with Crippen LogP contribution in [0.15, 0.2) is 78.9 Å². The zero-order valence-electron chi connectivity index (χ0n) is 14.7. The van der Waals surface area contributed by atoms with Gasteiger partial charge in [-0.05, 0) is 29.2 Å². The van der Waals surface area contributed by atoms with Crippen LogP contribution < -0.4 is 0 Å². The third kappa shape index (κ3) is 3.08. The minimum Gasteiger partial charge on any atom is -0.319 e. The average molecular weight is 326 g/mol. The molecule has 1 aromatic heterocycles. The third-order valence-electron chi connectivity index (χ3n) is 4.67. The molecule has 0 fully saturated rings. The van der Waals surface area contributed by atoms with Gasteiger partial charge < -0.3 is 4.57 Å². The van der Waals surface area contributed by atoms with Gasteiger partial charge in [0.15, 0.2) is 0 Å². The molecule has 25 heavy (non-hydrogen) atoms. The number of benzene rings is 3. The summed E-state index contributed by atoms with van der Waals surface area (Å²) in [4.78, 5) is 4.92. The molecule has 2 heteroatoms. The number of para-hydroxylation sites is 2. The van der Waals surface area contributed by atoms with Crippen molar-refractivity contribution in [3.05, 3.63) is 90.0 Å². The highest BCUT2D eigenvalue weighted by atomic mass is 15.1. The molecule has 0 bridgehead atoms. The molecule has 0 N–H and O–H groups in total. The molecule has 0 unspecified atom stereocenters. The predicted molar refractivity (Wildman–Crippen MR) is 105 cm³/mol. The first-order chi connectivity index (χ1) is 12.2. The van der Waals surface area contributed by atoms with Gasteiger partial charge in [-0.3, -0.25) is 0 Å². The topological polar surface area (TPSA) is 17.8 Å². The smallest absolute Gasteiger partial charge is 0.141 e. The van der Waals surface area contributed by atoms with Gasteiger partial charge >= 0.3 is 0 Å². The Morgan fingerprint density at radius 2 is 1.48 bits per heavy atom. The zero-order chi connectivity index (χ0) is 17.2. The molecule has 0 aliphatic heterocycles. The van der Waals surface area contributed by atoms with E-state index in [1.165, 1.54) is 16.6 Å². The quantitative estimate of drug-likeness (QED) is 0.458. The van der Waals surface area contributed by atoms with E-state index in [0.717, 1.165) is 23.4 Å². The predicted octanol–water partition coefficient (Wildman–Crippen LogP) is 5.88. The fourth-order valence-electron chi connectivity index (χ4n) is 3.24. The molecule has 0 aliphatic rings. The van der Waals surface area contributed by atoms with E-state index < -0.39 is 0 Å². The second-order valence-electron chi connectivity index (χ2n) is 6.77. The van der Waals surface area contributed by atoms with Crippen molar-refractivity contribution in [3.63, 3.8) is 0 Å². The van der Waals surface area contributed by atoms with E-state index in [1.54, 1.807) is 0 Å². The first kappa shape index (κ1) is 15.6. The van der Waals surface area contributed by atoms with Crippen LogP contribution in [0.4, 0.5) is 0 Å². The zero-order valence-corrected chi connectivity index (χ0v) is 14.7. The van der Waals surface area contributed by atoms with Crippen LogP contribution in [-0.4, -0.2) is 9.55 Å². The second kappa shape index (κ2) is 6.56. The summed E-state index contributed by atoms with van der Waals surface area (Å²) in [5.41, 5.74) is 6.02. The van der Waals surface area contributed by atoms with Gasteiger partial charge in [0, 0.05) is 12.1 Å². The summed E-state index contributed by atoms with van der Waals surface area (Å²) >= 11 is 0. The lowest BCUT2D eigenvalue weighted by atomic mass is 10.0. The molecule has 0 amide bonds. The highest BCUT2D eigenvalue weighted by Crippen LogP contribution is 2.27. The SMILES string of the molecule is CC(C)c1ccc(-c2nc3ccccc3n2Cc2ccccc2)cc1. The van der Waals surface area contributed by atoms with Crippen molar-refractivity contribution in [2.45, 2.75) is 26.3 Å². The lowest BCUT2D eigenvalue weighted by Crippen LogP contribution is -2.02. The van der Waals surface area contributed by atoms with E-state index >= 15 is 0 Å². The molecule has 0 atom stereocenters. The Labute approximate surface area is 148 Å². The highest BCUT2D eigenvalue weighted by molar-refractivity contribution is 5.80. The Balaban J connectivity index is 1.83. The standard InChI is InChI=1S/C23H22N2/c1-17(2)19-12-14-20(15-13-19)23-24-21-10-6-7-11-22(21)25(23)16-18-8-4-3-5-9-18/h3-15,17H,16H2,1-2H3. The number of aromatic nitrogens is 2. The summed E-state index contributed by atoms with van der Waals surface area (Å²) in [6, 6.07) is 27.7. The van der Waals surface area contributed by atoms with Gasteiger partial charge in [0.1, 0.15) is 5.82 Å². The van der Waals surface area contributed by atoms with Crippen LogP contribution in [0, 0.1) is 0 Å². The molecule has 2 nitrogen and oxygen atoms in total. The summed E-state index contributed by atoms with van der Waals surface area (Å²) < 4.78 is 2.31. The summed E-state index contributed by atoms with van der Waals surface area (Å²) in [5.74, 6) is 1.57. The summed E-state index contributed by atoms with van der Waals surface area (Å²) in [6.45, 7) is 5.27. The number of rotatable bonds is 4. The Morgan fingerprint density at radius 1 is 0.800 bits per heavy atom. The van der Waals surface area contributed by atoms with Gasteiger partial charge in [-0.25, -0.2) is 4.98 Å². The van der Waals surface area contributed by atoms with Crippen LogP contribution in [0.3, 0.4) is 0 Å². The molecule has 1 heterocycles. The lowest BCUT2D eigenvalue weighted by Gasteiger charge is -2.11. The second-order valence-corrected chi connectivity index (χ2v) is 6.77. The average Bonchev–Trinajstić information content (AvgIpc) is 3.01. The first-order valence-electron chi connectivity index (χ1n) is 8.82. The van der Waals surface area contributed by atoms with Crippen LogP contribution in [0.1, 0.15) is 30.9 Å². The number of fused-ring (bicyclic) bond motifs is 1. The van der Waals surface area contributed by atoms with Crippen LogP contribution in [0.5, 0.6) is 0 Å². The normalized spacial score (nSPS) is 11.3. The van der Waals surface area contributed by atoms with E-state index in [4.69, 9.17) is 4.98 Å². The fourth-order valence-corrected chi connectivity index (χ4v) is 3.24. The molecule has 4 rings (SSSR count). The maximum absolute atomic E-state index is 4.92. The molecule has 3 aromatic carbocycles. The molecule has 124 valence electrons. The molecule has 0 radical (unpaired) electrons. The highest BCUT2D eigenvalue weighted by Gasteiger charge is 2.13. The van der Waals surface area contributed by atoms with Crippen molar-refractivity contribution in [1.82, 2.24) is 9.55 Å². The van der Waals surface area contributed by atoms with Crippen LogP contribution in [0.25, 0.3) is 22.4 Å². The van der Waals surface area contributed by atoms with Crippen LogP contribution in [-0.2, 0) is 6.54 Å². The van der Waals surface area contributed by atoms with Gasteiger partial charge in [0.05, 0.1) is 11.0 Å². The van der Waals surface area contributed by atoms with Crippen molar-refractivity contribution < 1.29 is 0 Å². The molecular weight excluding hydrogens is 304 g/mol. The lowest BCUT2D eigenvalue weighted by molar-refractivity contribution is 0.833. The minimum absolute atomic E-state index is 0.539. The number of imidazole rings is 1. The molecule has 0 aliphatic carbocycles. The Kier molecular flexibility index (Phi) is 4.10. The molecule has 0 saturated heterocycles. The Hall–Kier alpha value is -2.87. The maximum Gasteiger partial charge on any atom is 0.141 e. The van der Waals surface area contributed by atoms with E-state index in [0.29, 0.717) is 5.92 Å². The Morgan fingerprint density at radius 3 is 2.20 bits per heavy atom. The summed E-state index contributed by atoms with van der Waals surface area (Å²) in [6.07, 6.45) is 0. The first-order valence-corrected chi connectivity index (χ1v) is 8.82. The molecule has 4 aromatic rings. The van der Waals surface area contributed by atoms with Crippen molar-refractivity contribution in [3.8, 4) is 11.4 Å². The van der Waals surface area contributed by atoms with E-state index in [2.05, 4.69) is 91.2 Å². The van der Waals surface area contributed by atoms with Gasteiger partial charge in [0.2, 0.25) is 0 Å². The van der Waals surface area contributed by atoms with Gasteiger partial charge in [-0.1, -0.05) is 80.6 Å². The monoisotopic (exact) mass is 326 g/mol. The van der Waals surface area contributed by atoms with Gasteiger partial charge in [-0.15, -0.1) is 0 Å². The molecular formula is C23H22N2. The minimum atomic E-state index is 0.539. The van der Waals surface area contributed by atoms with E-state index in [1.807, 2.05) is 6.07 Å². The number of hydrogen-bond donors (Lipinski definition) is 0. The van der Waals surface area contributed by atoms with E-state index in [-0.39, 0.29) is 0 Å². The molecule has 0 spiro atoms. The Bertz CT molecular complexity index is 980. The van der Waals surface area contributed by atoms with Crippen molar-refractivity contribution in [1.29, 1.82) is 0 Å². The van der Waals surface area contributed by atoms with Gasteiger partial charge in [0.25, 0.3) is 0 Å². The fraction of sp³-hybridized carbons (Fsp3) is 0.174. The van der Waals surface area contributed by atoms with E-state index in [9.17, 15) is 0 Å². The van der Waals surface area contributed by atoms with Crippen molar-refractivity contribution in [2.75, 3.05) is 0 Å². The van der Waals surface area contributed by atoms with Crippen molar-refractivity contribution >= 4 is 11.0 Å². The largest absolute Gasteiger partial charge is 0.319 e. The van der Waals surface area contributed by atoms with Crippen LogP contribution in [0.2, 0.25) is 0 Å². The van der Waals surface area contributed by atoms with Crippen LogP contribution >= 0.6 is 0 Å². The van der Waals surface area contributed by atoms with Gasteiger partial charge in [-0.2, -0.15) is 0 Å². The maximum atomic E-state index is 4.92.